The second kappa shape index (κ2) is 16.5. The van der Waals surface area contributed by atoms with Gasteiger partial charge in [-0.05, 0) is 61.3 Å². The summed E-state index contributed by atoms with van der Waals surface area (Å²) in [6.45, 7) is 15.2. The molecular weight excluding hydrogens is 739 g/mol. The summed E-state index contributed by atoms with van der Waals surface area (Å²) in [6, 6.07) is 9.98. The monoisotopic (exact) mass is 788 g/mol. The second-order valence-electron chi connectivity index (χ2n) is 16.0. The molecule has 2 fully saturated rings. The number of hydrogen-bond donors (Lipinski definition) is 5. The number of amides is 2. The molecule has 4 heterocycles. The third kappa shape index (κ3) is 8.94. The van der Waals surface area contributed by atoms with Gasteiger partial charge in [0.25, 0.3) is 0 Å². The smallest absolute Gasteiger partial charge is 0.246 e. The lowest BCUT2D eigenvalue weighted by atomic mass is 9.85. The van der Waals surface area contributed by atoms with Gasteiger partial charge in [0, 0.05) is 55.8 Å². The highest BCUT2D eigenvalue weighted by Crippen LogP contribution is 2.36. The number of aromatic nitrogens is 3. The number of aryl methyl sites for hydroxylation is 1. The minimum Gasteiger partial charge on any atom is -0.507 e. The Bertz CT molecular complexity index is 2080. The molecule has 0 bridgehead atoms. The predicted molar refractivity (Wildman–Crippen MR) is 214 cm³/mol. The number of carbonyl (C=O) groups is 2. The number of aliphatic hydroxyl groups excluding tert-OH is 1. The van der Waals surface area contributed by atoms with E-state index in [0.29, 0.717) is 49.8 Å². The highest BCUT2D eigenvalue weighted by Gasteiger charge is 2.43. The molecule has 6 rings (SSSR count). The van der Waals surface area contributed by atoms with Crippen molar-refractivity contribution < 1.29 is 28.6 Å². The zero-order chi connectivity index (χ0) is 40.5. The molecule has 6 N–H and O–H groups in total. The van der Waals surface area contributed by atoms with Crippen LogP contribution in [0.1, 0.15) is 70.7 Å². The maximum Gasteiger partial charge on any atom is 0.246 e. The minimum absolute atomic E-state index is 0.0128. The number of aromatic hydroxyl groups is 1. The summed E-state index contributed by atoms with van der Waals surface area (Å²) >= 11 is 1.60. The quantitative estimate of drug-likeness (QED) is 0.120. The molecule has 0 aliphatic carbocycles. The van der Waals surface area contributed by atoms with Crippen LogP contribution in [-0.4, -0.2) is 79.9 Å². The standard InChI is InChI=1S/C41H50F2N8O4S/c1-22(26-7-9-27(10-8-26)37-24(3)45-21-56-37)46-23(2)33-16-28(52)20-51(33)40(55)38(41(4,5)6)47-36(54)15-25-11-13-50(14-12-25)34-19-32(48-49-39(34)44)29-17-30(42)31(43)18-35(29)53/h7-10,17-19,21-22,25,28,33,38,46,52-53H,2,11-16,20H2,1,3-6H3,(H2,44,49)(H,47,54)/t22-,28+,33-,38+/m0/s1. The van der Waals surface area contributed by atoms with Crippen molar-refractivity contribution in [2.45, 2.75) is 84.5 Å². The Morgan fingerprint density at radius 3 is 2.39 bits per heavy atom. The highest BCUT2D eigenvalue weighted by molar-refractivity contribution is 7.13. The van der Waals surface area contributed by atoms with Crippen molar-refractivity contribution >= 4 is 34.7 Å². The third-order valence-corrected chi connectivity index (χ3v) is 11.7. The molecule has 298 valence electrons. The number of rotatable bonds is 11. The van der Waals surface area contributed by atoms with E-state index < -0.39 is 41.0 Å². The van der Waals surface area contributed by atoms with E-state index in [2.05, 4.69) is 56.7 Å². The average molecular weight is 789 g/mol. The number of halogens is 2. The van der Waals surface area contributed by atoms with Gasteiger partial charge in [0.05, 0.1) is 39.6 Å². The summed E-state index contributed by atoms with van der Waals surface area (Å²) < 4.78 is 27.6. The number of benzene rings is 2. The van der Waals surface area contributed by atoms with Crippen LogP contribution in [0.25, 0.3) is 21.7 Å². The van der Waals surface area contributed by atoms with Crippen molar-refractivity contribution in [1.82, 2.24) is 30.7 Å². The maximum atomic E-state index is 14.3. The van der Waals surface area contributed by atoms with Crippen molar-refractivity contribution in [2.75, 3.05) is 30.3 Å². The van der Waals surface area contributed by atoms with E-state index in [1.54, 1.807) is 22.3 Å². The number of likely N-dealkylation sites (tertiary alicyclic amines) is 1. The van der Waals surface area contributed by atoms with Crippen molar-refractivity contribution in [3.05, 3.63) is 83.1 Å². The van der Waals surface area contributed by atoms with E-state index in [-0.39, 0.29) is 53.8 Å². The molecule has 0 unspecified atom stereocenters. The van der Waals surface area contributed by atoms with E-state index >= 15 is 0 Å². The molecule has 2 aliphatic heterocycles. The molecule has 0 radical (unpaired) electrons. The summed E-state index contributed by atoms with van der Waals surface area (Å²) in [5.41, 5.74) is 11.8. The van der Waals surface area contributed by atoms with Gasteiger partial charge in [0.1, 0.15) is 11.8 Å². The van der Waals surface area contributed by atoms with E-state index in [1.165, 1.54) is 0 Å². The van der Waals surface area contributed by atoms with Crippen LogP contribution < -0.4 is 21.3 Å². The molecule has 2 aromatic heterocycles. The van der Waals surface area contributed by atoms with Crippen molar-refractivity contribution in [3.8, 4) is 27.4 Å². The minimum atomic E-state index is -1.18. The number of piperidine rings is 1. The van der Waals surface area contributed by atoms with Gasteiger partial charge in [0.2, 0.25) is 11.8 Å². The number of hydrogen-bond acceptors (Lipinski definition) is 11. The SMILES string of the molecule is C=C(N[C@@H](C)c1ccc(-c2scnc2C)cc1)[C@@H]1C[C@@H](O)CN1C(=O)[C@@H](NC(=O)CC1CCN(c2cc(-c3cc(F)c(F)cc3O)nnc2N)CC1)C(C)(C)C. The number of phenols is 1. The first-order valence-corrected chi connectivity index (χ1v) is 19.7. The van der Waals surface area contributed by atoms with E-state index in [9.17, 15) is 28.6 Å². The zero-order valence-corrected chi connectivity index (χ0v) is 33.2. The normalized spacial score (nSPS) is 18.8. The molecule has 12 nitrogen and oxygen atoms in total. The number of nitrogens with one attached hydrogen (secondary N) is 2. The van der Waals surface area contributed by atoms with Gasteiger partial charge >= 0.3 is 0 Å². The number of thiazole rings is 1. The molecule has 2 saturated heterocycles. The fraction of sp³-hybridized carbons (Fsp3) is 0.439. The van der Waals surface area contributed by atoms with Crippen LogP contribution in [0.4, 0.5) is 20.3 Å². The Kier molecular flexibility index (Phi) is 12.0. The predicted octanol–water partition coefficient (Wildman–Crippen LogP) is 6.11. The maximum absolute atomic E-state index is 14.3. The summed E-state index contributed by atoms with van der Waals surface area (Å²) in [4.78, 5) is 37.0. The molecule has 2 aliphatic rings. The van der Waals surface area contributed by atoms with Crippen LogP contribution >= 0.6 is 11.3 Å². The summed E-state index contributed by atoms with van der Waals surface area (Å²) in [5, 5.41) is 35.4. The first-order chi connectivity index (χ1) is 26.5. The van der Waals surface area contributed by atoms with E-state index in [0.717, 1.165) is 27.8 Å². The molecule has 4 aromatic rings. The van der Waals surface area contributed by atoms with Gasteiger partial charge in [-0.15, -0.1) is 21.5 Å². The highest BCUT2D eigenvalue weighted by atomic mass is 32.1. The molecule has 15 heteroatoms. The number of nitrogen functional groups attached to an aromatic ring is 1. The van der Waals surface area contributed by atoms with Crippen molar-refractivity contribution in [3.63, 3.8) is 0 Å². The second-order valence-corrected chi connectivity index (χ2v) is 16.8. The van der Waals surface area contributed by atoms with Crippen LogP contribution in [0.3, 0.4) is 0 Å². The summed E-state index contributed by atoms with van der Waals surface area (Å²) in [7, 11) is 0. The van der Waals surface area contributed by atoms with Gasteiger partial charge in [-0.25, -0.2) is 13.8 Å². The van der Waals surface area contributed by atoms with Crippen molar-refractivity contribution in [2.24, 2.45) is 11.3 Å². The van der Waals surface area contributed by atoms with E-state index in [4.69, 9.17) is 5.73 Å². The lowest BCUT2D eigenvalue weighted by Crippen LogP contribution is -2.56. The summed E-state index contributed by atoms with van der Waals surface area (Å²) in [5.74, 6) is -3.12. The van der Waals surface area contributed by atoms with Crippen LogP contribution in [0.5, 0.6) is 5.75 Å². The number of nitrogens with two attached hydrogens (primary N) is 1. The number of nitrogens with zero attached hydrogens (tertiary/aromatic N) is 5. The largest absolute Gasteiger partial charge is 0.507 e. The van der Waals surface area contributed by atoms with Crippen LogP contribution in [0.2, 0.25) is 0 Å². The lowest BCUT2D eigenvalue weighted by Gasteiger charge is -2.37. The Morgan fingerprint density at radius 2 is 1.75 bits per heavy atom. The molecule has 2 amide bonds. The Balaban J connectivity index is 1.06. The first-order valence-electron chi connectivity index (χ1n) is 18.8. The van der Waals surface area contributed by atoms with E-state index in [1.807, 2.05) is 45.0 Å². The topological polar surface area (TPSA) is 170 Å². The Labute approximate surface area is 329 Å². The number of aliphatic hydroxyl groups is 1. The van der Waals surface area contributed by atoms with Gasteiger partial charge in [0.15, 0.2) is 17.5 Å². The molecule has 56 heavy (non-hydrogen) atoms. The number of β-amino-alcohol motifs (C(OH)–C–C–N with tert-alkyl or cyclic N) is 1. The molecule has 4 atom stereocenters. The van der Waals surface area contributed by atoms with Gasteiger partial charge < -0.3 is 36.4 Å². The fourth-order valence-electron chi connectivity index (χ4n) is 7.54. The van der Waals surface area contributed by atoms with Crippen LogP contribution in [-0.2, 0) is 9.59 Å². The molecule has 0 spiro atoms. The Hall–Kier alpha value is -5.15. The Morgan fingerprint density at radius 1 is 1.07 bits per heavy atom. The van der Waals surface area contributed by atoms with Gasteiger partial charge in [-0.1, -0.05) is 51.6 Å². The molecule has 2 aromatic carbocycles. The van der Waals surface area contributed by atoms with Crippen molar-refractivity contribution in [1.29, 1.82) is 0 Å². The molecular formula is C41H50F2N8O4S. The number of phenolic OH excluding ortho intramolecular Hbond substituents is 1. The fourth-order valence-corrected chi connectivity index (χ4v) is 8.35. The number of carbonyl (C=O) groups excluding carboxylic acids is 2. The first kappa shape index (κ1) is 40.5. The number of anilines is 2. The molecule has 0 saturated carbocycles. The lowest BCUT2D eigenvalue weighted by molar-refractivity contribution is -0.140. The van der Waals surface area contributed by atoms with Crippen LogP contribution in [0.15, 0.2) is 60.3 Å². The van der Waals surface area contributed by atoms with Gasteiger partial charge in [-0.2, -0.15) is 0 Å². The average Bonchev–Trinajstić information content (AvgIpc) is 3.77. The third-order valence-electron chi connectivity index (χ3n) is 10.7. The van der Waals surface area contributed by atoms with Gasteiger partial charge in [-0.3, -0.25) is 9.59 Å². The zero-order valence-electron chi connectivity index (χ0n) is 32.4. The summed E-state index contributed by atoms with van der Waals surface area (Å²) in [6.07, 6.45) is 1.10. The van der Waals surface area contributed by atoms with Crippen LogP contribution in [0, 0.1) is 29.9 Å².